The van der Waals surface area contributed by atoms with Crippen molar-refractivity contribution in [1.29, 1.82) is 0 Å². The fraction of sp³-hybridized carbons (Fsp3) is 0.409. The Morgan fingerprint density at radius 1 is 1.03 bits per heavy atom. The number of carbonyl (C=O) groups excluding carboxylic acids is 1. The molecule has 3 aliphatic rings. The van der Waals surface area contributed by atoms with E-state index in [-0.39, 0.29) is 18.4 Å². The predicted octanol–water partition coefficient (Wildman–Crippen LogP) is 4.66. The molecule has 0 unspecified atom stereocenters. The molecule has 0 aromatic heterocycles. The molecule has 1 saturated carbocycles. The minimum atomic E-state index is -4.77. The summed E-state index contributed by atoms with van der Waals surface area (Å²) in [6.07, 6.45) is -12.2. The van der Waals surface area contributed by atoms with Gasteiger partial charge in [0.1, 0.15) is 5.82 Å². The largest absolute Gasteiger partial charge is 0.416 e. The molecule has 2 aliphatic heterocycles. The quantitative estimate of drug-likeness (QED) is 0.635. The second-order valence-electron chi connectivity index (χ2n) is 8.69. The van der Waals surface area contributed by atoms with Gasteiger partial charge in [-0.3, -0.25) is 4.79 Å². The Bertz CT molecular complexity index is 1150. The van der Waals surface area contributed by atoms with E-state index in [4.69, 9.17) is 4.74 Å². The molecule has 176 valence electrons. The minimum Gasteiger partial charge on any atom is -0.390 e. The molecule has 1 amide bonds. The van der Waals surface area contributed by atoms with Gasteiger partial charge in [0.25, 0.3) is 0 Å². The van der Waals surface area contributed by atoms with Crippen LogP contribution in [0.5, 0.6) is 0 Å². The third-order valence-electron chi connectivity index (χ3n) is 7.03. The number of benzene rings is 2. The Morgan fingerprint density at radius 3 is 2.36 bits per heavy atom. The van der Waals surface area contributed by atoms with Gasteiger partial charge in [-0.05, 0) is 36.2 Å². The van der Waals surface area contributed by atoms with Gasteiger partial charge >= 0.3 is 12.4 Å². The number of amides is 1. The number of ether oxygens (including phenoxy) is 1. The number of fused-ring (bicyclic) bond motifs is 5. The van der Waals surface area contributed by atoms with Crippen LogP contribution in [0.15, 0.2) is 42.5 Å². The summed E-state index contributed by atoms with van der Waals surface area (Å²) in [6.45, 7) is 0. The molecule has 2 aromatic rings. The van der Waals surface area contributed by atoms with Crippen LogP contribution < -0.4 is 5.32 Å². The average Bonchev–Trinajstić information content (AvgIpc) is 3.21. The summed E-state index contributed by atoms with van der Waals surface area (Å²) in [5.41, 5.74) is -5.44. The second kappa shape index (κ2) is 6.69. The Kier molecular flexibility index (Phi) is 4.49. The first-order valence-electron chi connectivity index (χ1n) is 10.0. The van der Waals surface area contributed by atoms with Crippen LogP contribution in [-0.2, 0) is 27.3 Å². The summed E-state index contributed by atoms with van der Waals surface area (Å²) in [6, 6.07) is 5.89. The van der Waals surface area contributed by atoms with Gasteiger partial charge in [0.15, 0.2) is 0 Å². The van der Waals surface area contributed by atoms with Gasteiger partial charge in [0.2, 0.25) is 5.91 Å². The SMILES string of the molecule is O=C(Nc1cc(C(F)(F)F)ccc1F)[C@]12C[C@@]1(c1cccc(C(F)(F)F)c1)[C@H]1O[C@@H]2C[C@@H]1O. The van der Waals surface area contributed by atoms with Gasteiger partial charge in [0, 0.05) is 11.8 Å². The first-order valence-corrected chi connectivity index (χ1v) is 10.0. The summed E-state index contributed by atoms with van der Waals surface area (Å²) in [4.78, 5) is 13.3. The van der Waals surface area contributed by atoms with Crippen LogP contribution in [0.2, 0.25) is 0 Å². The molecule has 5 atom stereocenters. The van der Waals surface area contributed by atoms with E-state index in [9.17, 15) is 40.6 Å². The van der Waals surface area contributed by atoms with E-state index in [0.717, 1.165) is 12.1 Å². The number of nitrogens with one attached hydrogen (secondary N) is 1. The van der Waals surface area contributed by atoms with E-state index < -0.39 is 70.0 Å². The second-order valence-corrected chi connectivity index (χ2v) is 8.69. The fourth-order valence-corrected chi connectivity index (χ4v) is 5.54. The smallest absolute Gasteiger partial charge is 0.390 e. The highest BCUT2D eigenvalue weighted by atomic mass is 19.4. The van der Waals surface area contributed by atoms with Crippen molar-refractivity contribution < 1.29 is 45.4 Å². The minimum absolute atomic E-state index is 0.0140. The van der Waals surface area contributed by atoms with E-state index in [1.54, 1.807) is 0 Å². The van der Waals surface area contributed by atoms with Crippen LogP contribution in [0.25, 0.3) is 0 Å². The van der Waals surface area contributed by atoms with Gasteiger partial charge in [-0.15, -0.1) is 0 Å². The maximum Gasteiger partial charge on any atom is 0.416 e. The number of alkyl halides is 6. The molecule has 5 rings (SSSR count). The monoisotopic (exact) mass is 475 g/mol. The molecule has 2 bridgehead atoms. The lowest BCUT2D eigenvalue weighted by molar-refractivity contribution is -0.138. The molecule has 2 aromatic carbocycles. The van der Waals surface area contributed by atoms with Crippen molar-refractivity contribution in [3.05, 3.63) is 65.0 Å². The van der Waals surface area contributed by atoms with Gasteiger partial charge in [0.05, 0.1) is 40.5 Å². The van der Waals surface area contributed by atoms with Crippen LogP contribution in [0.4, 0.5) is 36.4 Å². The summed E-state index contributed by atoms with van der Waals surface area (Å²) in [5.74, 6) is -1.96. The summed E-state index contributed by atoms with van der Waals surface area (Å²) >= 11 is 0. The van der Waals surface area contributed by atoms with E-state index in [1.165, 1.54) is 12.1 Å². The molecular weight excluding hydrogens is 459 g/mol. The van der Waals surface area contributed by atoms with Crippen LogP contribution >= 0.6 is 0 Å². The van der Waals surface area contributed by atoms with E-state index >= 15 is 0 Å². The zero-order valence-electron chi connectivity index (χ0n) is 16.6. The Labute approximate surface area is 182 Å². The van der Waals surface area contributed by atoms with Gasteiger partial charge in [-0.25, -0.2) is 4.39 Å². The fourth-order valence-electron chi connectivity index (χ4n) is 5.54. The van der Waals surface area contributed by atoms with Crippen LogP contribution in [0, 0.1) is 11.2 Å². The third-order valence-corrected chi connectivity index (χ3v) is 7.03. The lowest BCUT2D eigenvalue weighted by Crippen LogP contribution is -2.44. The number of carbonyl (C=O) groups is 1. The number of hydrogen-bond donors (Lipinski definition) is 2. The van der Waals surface area contributed by atoms with E-state index in [0.29, 0.717) is 18.2 Å². The molecule has 0 spiro atoms. The van der Waals surface area contributed by atoms with Crippen molar-refractivity contribution in [2.24, 2.45) is 5.41 Å². The molecule has 11 heteroatoms. The summed E-state index contributed by atoms with van der Waals surface area (Å²) in [7, 11) is 0. The molecule has 33 heavy (non-hydrogen) atoms. The first-order chi connectivity index (χ1) is 15.3. The topological polar surface area (TPSA) is 58.6 Å². The van der Waals surface area contributed by atoms with Crippen molar-refractivity contribution >= 4 is 11.6 Å². The molecule has 4 nitrogen and oxygen atoms in total. The van der Waals surface area contributed by atoms with Crippen LogP contribution in [0.1, 0.15) is 29.5 Å². The number of aliphatic hydroxyl groups excluding tert-OH is 1. The third kappa shape index (κ3) is 3.01. The van der Waals surface area contributed by atoms with Gasteiger partial charge in [-0.2, -0.15) is 26.3 Å². The zero-order valence-corrected chi connectivity index (χ0v) is 16.6. The normalized spacial score (nSPS) is 32.5. The van der Waals surface area contributed by atoms with Crippen molar-refractivity contribution in [1.82, 2.24) is 0 Å². The van der Waals surface area contributed by atoms with Crippen molar-refractivity contribution in [3.8, 4) is 0 Å². The maximum absolute atomic E-state index is 14.2. The predicted molar refractivity (Wildman–Crippen MR) is 99.5 cm³/mol. The van der Waals surface area contributed by atoms with Gasteiger partial charge in [-0.1, -0.05) is 18.2 Å². The van der Waals surface area contributed by atoms with Crippen molar-refractivity contribution in [2.75, 3.05) is 5.32 Å². The molecule has 0 radical (unpaired) electrons. The summed E-state index contributed by atoms with van der Waals surface area (Å²) < 4.78 is 98.9. The number of hydrogen-bond acceptors (Lipinski definition) is 3. The molecular formula is C22H16F7NO3. The van der Waals surface area contributed by atoms with E-state index in [2.05, 4.69) is 5.32 Å². The summed E-state index contributed by atoms with van der Waals surface area (Å²) in [5, 5.41) is 12.6. The van der Waals surface area contributed by atoms with E-state index in [1.807, 2.05) is 0 Å². The Balaban J connectivity index is 1.53. The number of rotatable bonds is 3. The van der Waals surface area contributed by atoms with Gasteiger partial charge < -0.3 is 15.2 Å². The maximum atomic E-state index is 14.2. The number of anilines is 1. The molecule has 2 N–H and O–H groups in total. The lowest BCUT2D eigenvalue weighted by atomic mass is 9.73. The zero-order chi connectivity index (χ0) is 24.0. The number of aliphatic hydroxyl groups is 1. The highest BCUT2D eigenvalue weighted by molar-refractivity contribution is 6.01. The standard InChI is InChI=1S/C22H16F7NO3/c23-13-5-4-12(22(27,28)29)7-14(13)30-18(32)20-9-19(20,17-15(31)8-16(20)33-17)10-2-1-3-11(6-10)21(24,25)26/h1-7,15-17,31H,8-9H2,(H,30,32)/t15-,16+,17-,19+,20+/m0/s1. The molecule has 2 saturated heterocycles. The average molecular weight is 475 g/mol. The van der Waals surface area contributed by atoms with Crippen molar-refractivity contribution in [2.45, 2.75) is 48.9 Å². The first kappa shape index (κ1) is 22.1. The van der Waals surface area contributed by atoms with Crippen LogP contribution in [0.3, 0.4) is 0 Å². The highest BCUT2D eigenvalue weighted by Crippen LogP contribution is 2.77. The molecule has 1 aliphatic carbocycles. The Hall–Kier alpha value is -2.66. The number of halogens is 7. The molecule has 3 fully saturated rings. The van der Waals surface area contributed by atoms with Crippen LogP contribution in [-0.4, -0.2) is 29.3 Å². The van der Waals surface area contributed by atoms with Crippen molar-refractivity contribution in [3.63, 3.8) is 0 Å². The highest BCUT2D eigenvalue weighted by Gasteiger charge is 2.87. The molecule has 2 heterocycles. The lowest BCUT2D eigenvalue weighted by Gasteiger charge is -2.30. The Morgan fingerprint density at radius 2 is 1.70 bits per heavy atom.